The highest BCUT2D eigenvalue weighted by Gasteiger charge is 2.25. The number of rotatable bonds is 2. The summed E-state index contributed by atoms with van der Waals surface area (Å²) in [4.78, 5) is 0. The molecule has 10 heavy (non-hydrogen) atoms. The van der Waals surface area contributed by atoms with Gasteiger partial charge in [-0.2, -0.15) is 5.26 Å². The number of hydrogen-bond acceptors (Lipinski definition) is 2. The van der Waals surface area contributed by atoms with Gasteiger partial charge in [0.15, 0.2) is 0 Å². The van der Waals surface area contributed by atoms with E-state index in [1.165, 1.54) is 6.42 Å². The summed E-state index contributed by atoms with van der Waals surface area (Å²) in [5.41, 5.74) is 0. The van der Waals surface area contributed by atoms with Crippen LogP contribution in [0.3, 0.4) is 0 Å². The molecule has 0 spiro atoms. The predicted molar refractivity (Wildman–Crippen MR) is 38.1 cm³/mol. The van der Waals surface area contributed by atoms with Crippen molar-refractivity contribution in [3.05, 3.63) is 0 Å². The van der Waals surface area contributed by atoms with Crippen LogP contribution >= 0.6 is 0 Å². The van der Waals surface area contributed by atoms with E-state index in [4.69, 9.17) is 10.4 Å². The van der Waals surface area contributed by atoms with Crippen molar-refractivity contribution in [1.82, 2.24) is 0 Å². The monoisotopic (exact) mass is 139 g/mol. The van der Waals surface area contributed by atoms with Crippen molar-refractivity contribution in [3.8, 4) is 6.07 Å². The molecule has 1 aliphatic rings. The zero-order valence-electron chi connectivity index (χ0n) is 6.08. The number of nitriles is 1. The molecule has 0 radical (unpaired) electrons. The van der Waals surface area contributed by atoms with Crippen molar-refractivity contribution in [2.45, 2.75) is 25.7 Å². The molecule has 0 aromatic heterocycles. The Labute approximate surface area is 61.5 Å². The zero-order chi connectivity index (χ0) is 7.40. The topological polar surface area (TPSA) is 44.0 Å². The van der Waals surface area contributed by atoms with Crippen molar-refractivity contribution in [3.63, 3.8) is 0 Å². The summed E-state index contributed by atoms with van der Waals surface area (Å²) in [6.45, 7) is 0.270. The molecule has 1 saturated carbocycles. The minimum absolute atomic E-state index is 0.270. The van der Waals surface area contributed by atoms with Gasteiger partial charge in [0.1, 0.15) is 0 Å². The molecule has 2 nitrogen and oxygen atoms in total. The minimum Gasteiger partial charge on any atom is -0.396 e. The molecule has 0 bridgehead atoms. The summed E-state index contributed by atoms with van der Waals surface area (Å²) in [6, 6.07) is 2.16. The van der Waals surface area contributed by atoms with E-state index >= 15 is 0 Å². The van der Waals surface area contributed by atoms with Gasteiger partial charge in [0, 0.05) is 13.0 Å². The maximum Gasteiger partial charge on any atom is 0.0624 e. The normalized spacial score (nSPS) is 32.0. The van der Waals surface area contributed by atoms with E-state index < -0.39 is 0 Å². The van der Waals surface area contributed by atoms with Crippen LogP contribution in [0.25, 0.3) is 0 Å². The number of aliphatic hydroxyl groups is 1. The second kappa shape index (κ2) is 3.58. The lowest BCUT2D eigenvalue weighted by Gasteiger charge is -2.12. The smallest absolute Gasteiger partial charge is 0.0624 e. The zero-order valence-corrected chi connectivity index (χ0v) is 6.08. The lowest BCUT2D eigenvalue weighted by atomic mass is 9.94. The van der Waals surface area contributed by atoms with Gasteiger partial charge >= 0.3 is 0 Å². The molecule has 1 aliphatic carbocycles. The number of hydrogen-bond donors (Lipinski definition) is 1. The van der Waals surface area contributed by atoms with Crippen LogP contribution in [0.5, 0.6) is 0 Å². The molecule has 1 unspecified atom stereocenters. The second-order valence-corrected chi connectivity index (χ2v) is 3.00. The average Bonchev–Trinajstić information content (AvgIpc) is 2.36. The molecular weight excluding hydrogens is 126 g/mol. The molecule has 56 valence electrons. The van der Waals surface area contributed by atoms with Crippen molar-refractivity contribution in [2.75, 3.05) is 6.61 Å². The highest BCUT2D eigenvalue weighted by atomic mass is 16.3. The van der Waals surface area contributed by atoms with Gasteiger partial charge in [0.25, 0.3) is 0 Å². The van der Waals surface area contributed by atoms with E-state index in [2.05, 4.69) is 6.07 Å². The molecule has 2 heteroatoms. The fourth-order valence-corrected chi connectivity index (χ4v) is 1.74. The first-order chi connectivity index (χ1) is 4.88. The molecule has 0 aromatic rings. The van der Waals surface area contributed by atoms with Gasteiger partial charge in [-0.1, -0.05) is 6.42 Å². The summed E-state index contributed by atoms with van der Waals surface area (Å²) in [7, 11) is 0. The maximum atomic E-state index is 8.85. The van der Waals surface area contributed by atoms with Crippen molar-refractivity contribution >= 4 is 0 Å². The van der Waals surface area contributed by atoms with Crippen LogP contribution in [0.2, 0.25) is 0 Å². The third-order valence-corrected chi connectivity index (χ3v) is 2.40. The quantitative estimate of drug-likeness (QED) is 0.626. The molecule has 0 aromatic carbocycles. The fraction of sp³-hybridized carbons (Fsp3) is 0.875. The van der Waals surface area contributed by atoms with Crippen LogP contribution in [0.1, 0.15) is 25.7 Å². The van der Waals surface area contributed by atoms with Crippen molar-refractivity contribution in [1.29, 1.82) is 5.26 Å². The SMILES string of the molecule is N#CCC1CCC[C@@H]1CO. The van der Waals surface area contributed by atoms with Gasteiger partial charge < -0.3 is 5.11 Å². The highest BCUT2D eigenvalue weighted by molar-refractivity contribution is 4.84. The maximum absolute atomic E-state index is 8.85. The molecule has 0 saturated heterocycles. The summed E-state index contributed by atoms with van der Waals surface area (Å²) in [5.74, 6) is 0.898. The first-order valence-corrected chi connectivity index (χ1v) is 3.86. The molecule has 0 amide bonds. The van der Waals surface area contributed by atoms with Gasteiger partial charge in [-0.05, 0) is 24.7 Å². The Hall–Kier alpha value is -0.550. The summed E-state index contributed by atoms with van der Waals surface area (Å²) in [6.07, 6.45) is 4.07. The Morgan fingerprint density at radius 2 is 2.10 bits per heavy atom. The summed E-state index contributed by atoms with van der Waals surface area (Å²) >= 11 is 0. The van der Waals surface area contributed by atoms with Crippen LogP contribution in [0.4, 0.5) is 0 Å². The van der Waals surface area contributed by atoms with Crippen LogP contribution < -0.4 is 0 Å². The molecule has 1 rings (SSSR count). The standard InChI is InChI=1S/C8H13NO/c9-5-4-7-2-1-3-8(7)6-10/h7-8,10H,1-4,6H2/t7?,8-/m1/s1. The van der Waals surface area contributed by atoms with Gasteiger partial charge in [-0.25, -0.2) is 0 Å². The average molecular weight is 139 g/mol. The lowest BCUT2D eigenvalue weighted by molar-refractivity contribution is 0.196. The number of nitrogens with zero attached hydrogens (tertiary/aromatic N) is 1. The van der Waals surface area contributed by atoms with E-state index in [1.807, 2.05) is 0 Å². The number of aliphatic hydroxyl groups excluding tert-OH is 1. The predicted octanol–water partition coefficient (Wildman–Crippen LogP) is 1.31. The van der Waals surface area contributed by atoms with E-state index in [1.54, 1.807) is 0 Å². The van der Waals surface area contributed by atoms with Crippen molar-refractivity contribution < 1.29 is 5.11 Å². The third kappa shape index (κ3) is 1.48. The Balaban J connectivity index is 2.36. The van der Waals surface area contributed by atoms with Gasteiger partial charge in [-0.15, -0.1) is 0 Å². The Kier molecular flexibility index (Phi) is 2.70. The van der Waals surface area contributed by atoms with E-state index in [0.717, 1.165) is 12.8 Å². The fourth-order valence-electron chi connectivity index (χ4n) is 1.74. The first-order valence-electron chi connectivity index (χ1n) is 3.86. The summed E-state index contributed by atoms with van der Waals surface area (Å²) in [5, 5.41) is 17.3. The van der Waals surface area contributed by atoms with Gasteiger partial charge in [0.2, 0.25) is 0 Å². The Morgan fingerprint density at radius 1 is 1.40 bits per heavy atom. The molecule has 2 atom stereocenters. The first kappa shape index (κ1) is 7.56. The van der Waals surface area contributed by atoms with Gasteiger partial charge in [0.05, 0.1) is 6.07 Å². The van der Waals surface area contributed by atoms with Crippen LogP contribution in [-0.2, 0) is 0 Å². The molecule has 0 aliphatic heterocycles. The molecule has 1 fully saturated rings. The van der Waals surface area contributed by atoms with Crippen molar-refractivity contribution in [2.24, 2.45) is 11.8 Å². The summed E-state index contributed by atoms with van der Waals surface area (Å²) < 4.78 is 0. The third-order valence-electron chi connectivity index (χ3n) is 2.40. The lowest BCUT2D eigenvalue weighted by Crippen LogP contribution is -2.10. The van der Waals surface area contributed by atoms with Crippen LogP contribution in [0, 0.1) is 23.2 Å². The van der Waals surface area contributed by atoms with Crippen LogP contribution in [0.15, 0.2) is 0 Å². The highest BCUT2D eigenvalue weighted by Crippen LogP contribution is 2.33. The Morgan fingerprint density at radius 3 is 2.70 bits per heavy atom. The van der Waals surface area contributed by atoms with Crippen LogP contribution in [-0.4, -0.2) is 11.7 Å². The van der Waals surface area contributed by atoms with E-state index in [0.29, 0.717) is 18.3 Å². The van der Waals surface area contributed by atoms with E-state index in [-0.39, 0.29) is 6.61 Å². The largest absolute Gasteiger partial charge is 0.396 e. The van der Waals surface area contributed by atoms with E-state index in [9.17, 15) is 0 Å². The molecular formula is C8H13NO. The molecule has 1 N–H and O–H groups in total. The van der Waals surface area contributed by atoms with Gasteiger partial charge in [-0.3, -0.25) is 0 Å². The second-order valence-electron chi connectivity index (χ2n) is 3.00. The Bertz CT molecular complexity index is 139. The minimum atomic E-state index is 0.270. The molecule has 0 heterocycles.